The second-order valence-corrected chi connectivity index (χ2v) is 2.61. The Morgan fingerprint density at radius 1 is 1.27 bits per heavy atom. The molecule has 0 aliphatic rings. The third kappa shape index (κ3) is 0.929. The Hall–Kier alpha value is -1.24. The molecule has 0 fully saturated rings. The Morgan fingerprint density at radius 3 is 2.91 bits per heavy atom. The van der Waals surface area contributed by atoms with E-state index in [9.17, 15) is 0 Å². The number of rotatable bonds is 1. The van der Waals surface area contributed by atoms with Gasteiger partial charge in [-0.3, -0.25) is 0 Å². The van der Waals surface area contributed by atoms with Crippen molar-refractivity contribution in [3.63, 3.8) is 0 Å². The van der Waals surface area contributed by atoms with Gasteiger partial charge in [0.15, 0.2) is 0 Å². The molecule has 1 aromatic heterocycles. The Bertz CT molecular complexity index is 360. The number of aryl methyl sites for hydroxylation is 1. The second-order valence-electron chi connectivity index (χ2n) is 2.61. The highest BCUT2D eigenvalue weighted by atomic mass is 16.3. The topological polar surface area (TPSA) is 13.1 Å². The zero-order chi connectivity index (χ0) is 7.68. The molecule has 0 amide bonds. The molecule has 0 saturated heterocycles. The van der Waals surface area contributed by atoms with Crippen molar-refractivity contribution in [1.82, 2.24) is 0 Å². The number of hydrogen-bond acceptors (Lipinski definition) is 1. The fourth-order valence-electron chi connectivity index (χ4n) is 1.31. The van der Waals surface area contributed by atoms with E-state index in [1.807, 2.05) is 24.5 Å². The minimum atomic E-state index is 0.990. The minimum Gasteiger partial charge on any atom is -0.464 e. The third-order valence-electron chi connectivity index (χ3n) is 1.94. The van der Waals surface area contributed by atoms with Gasteiger partial charge in [-0.05, 0) is 18.1 Å². The van der Waals surface area contributed by atoms with Gasteiger partial charge in [0, 0.05) is 5.39 Å². The molecule has 0 N–H and O–H groups in total. The van der Waals surface area contributed by atoms with Gasteiger partial charge in [-0.25, -0.2) is 0 Å². The van der Waals surface area contributed by atoms with Gasteiger partial charge in [-0.15, -0.1) is 0 Å². The van der Waals surface area contributed by atoms with Crippen LogP contribution >= 0.6 is 0 Å². The van der Waals surface area contributed by atoms with Crippen LogP contribution in [0.2, 0.25) is 0 Å². The van der Waals surface area contributed by atoms with E-state index in [1.165, 1.54) is 10.9 Å². The highest BCUT2D eigenvalue weighted by molar-refractivity contribution is 5.80. The standard InChI is InChI=1S/C10H10O/c1-2-8-7-11-10-6-4-3-5-9(8)10/h3-7H,2H2,1H3. The molecule has 1 heteroatoms. The lowest BCUT2D eigenvalue weighted by Gasteiger charge is -1.88. The van der Waals surface area contributed by atoms with Crippen molar-refractivity contribution >= 4 is 11.0 Å². The molecule has 0 atom stereocenters. The molecule has 11 heavy (non-hydrogen) atoms. The van der Waals surface area contributed by atoms with Crippen molar-refractivity contribution < 1.29 is 4.42 Å². The average Bonchev–Trinajstić information content (AvgIpc) is 2.47. The van der Waals surface area contributed by atoms with Gasteiger partial charge in [0.05, 0.1) is 6.26 Å². The van der Waals surface area contributed by atoms with Gasteiger partial charge < -0.3 is 4.42 Å². The van der Waals surface area contributed by atoms with E-state index in [2.05, 4.69) is 13.0 Å². The molecule has 2 aromatic rings. The van der Waals surface area contributed by atoms with E-state index in [4.69, 9.17) is 4.42 Å². The molecule has 1 nitrogen and oxygen atoms in total. The van der Waals surface area contributed by atoms with Gasteiger partial charge in [0.2, 0.25) is 0 Å². The number of furan rings is 1. The third-order valence-corrected chi connectivity index (χ3v) is 1.94. The van der Waals surface area contributed by atoms with Gasteiger partial charge in [-0.2, -0.15) is 0 Å². The van der Waals surface area contributed by atoms with E-state index in [1.54, 1.807) is 0 Å². The summed E-state index contributed by atoms with van der Waals surface area (Å²) in [6.07, 6.45) is 2.88. The number of para-hydroxylation sites is 1. The zero-order valence-electron chi connectivity index (χ0n) is 6.50. The van der Waals surface area contributed by atoms with Crippen LogP contribution in [0, 0.1) is 0 Å². The van der Waals surface area contributed by atoms with E-state index in [0.717, 1.165) is 12.0 Å². The molecular weight excluding hydrogens is 136 g/mol. The normalized spacial score (nSPS) is 10.6. The van der Waals surface area contributed by atoms with Gasteiger partial charge >= 0.3 is 0 Å². The molecule has 0 aliphatic carbocycles. The summed E-state index contributed by atoms with van der Waals surface area (Å²) in [4.78, 5) is 0. The summed E-state index contributed by atoms with van der Waals surface area (Å²) < 4.78 is 5.34. The minimum absolute atomic E-state index is 0.990. The van der Waals surface area contributed by atoms with Crippen molar-refractivity contribution in [2.45, 2.75) is 13.3 Å². The van der Waals surface area contributed by atoms with Crippen LogP contribution in [0.25, 0.3) is 11.0 Å². The van der Waals surface area contributed by atoms with Crippen LogP contribution in [-0.2, 0) is 6.42 Å². The molecule has 2 rings (SSSR count). The summed E-state index contributed by atoms with van der Waals surface area (Å²) in [5, 5.41) is 1.25. The van der Waals surface area contributed by atoms with Crippen molar-refractivity contribution in [3.05, 3.63) is 36.1 Å². The summed E-state index contributed by atoms with van der Waals surface area (Å²) >= 11 is 0. The van der Waals surface area contributed by atoms with E-state index in [0.29, 0.717) is 0 Å². The van der Waals surface area contributed by atoms with Crippen LogP contribution in [0.1, 0.15) is 12.5 Å². The van der Waals surface area contributed by atoms with Crippen molar-refractivity contribution in [2.24, 2.45) is 0 Å². The lowest BCUT2D eigenvalue weighted by Crippen LogP contribution is -1.72. The molecule has 56 valence electrons. The smallest absolute Gasteiger partial charge is 0.134 e. The molecule has 0 spiro atoms. The summed E-state index contributed by atoms with van der Waals surface area (Å²) in [5.74, 6) is 0. The lowest BCUT2D eigenvalue weighted by molar-refractivity contribution is 0.611. The Labute approximate surface area is 65.6 Å². The molecule has 1 heterocycles. The Kier molecular flexibility index (Phi) is 1.42. The second kappa shape index (κ2) is 2.42. The average molecular weight is 146 g/mol. The predicted octanol–water partition coefficient (Wildman–Crippen LogP) is 3.00. The summed E-state index contributed by atoms with van der Waals surface area (Å²) in [6, 6.07) is 8.12. The van der Waals surface area contributed by atoms with Crippen LogP contribution in [0.5, 0.6) is 0 Å². The first-order valence-electron chi connectivity index (χ1n) is 3.87. The van der Waals surface area contributed by atoms with Gasteiger partial charge in [-0.1, -0.05) is 25.1 Å². The maximum absolute atomic E-state index is 5.34. The first kappa shape index (κ1) is 6.47. The molecule has 0 radical (unpaired) electrons. The molecule has 1 aromatic carbocycles. The molecule has 0 unspecified atom stereocenters. The maximum atomic E-state index is 5.34. The van der Waals surface area contributed by atoms with Crippen LogP contribution in [-0.4, -0.2) is 0 Å². The van der Waals surface area contributed by atoms with Crippen LogP contribution < -0.4 is 0 Å². The van der Waals surface area contributed by atoms with Crippen molar-refractivity contribution in [3.8, 4) is 0 Å². The highest BCUT2D eigenvalue weighted by Crippen LogP contribution is 2.20. The number of hydrogen-bond donors (Lipinski definition) is 0. The largest absolute Gasteiger partial charge is 0.464 e. The van der Waals surface area contributed by atoms with Crippen molar-refractivity contribution in [2.75, 3.05) is 0 Å². The predicted molar refractivity (Wildman–Crippen MR) is 45.6 cm³/mol. The SMILES string of the molecule is CCc1coc2ccccc12. The van der Waals surface area contributed by atoms with E-state index in [-0.39, 0.29) is 0 Å². The molecular formula is C10H10O. The fourth-order valence-corrected chi connectivity index (χ4v) is 1.31. The summed E-state index contributed by atoms with van der Waals surface area (Å²) in [5.41, 5.74) is 2.28. The van der Waals surface area contributed by atoms with E-state index < -0.39 is 0 Å². The fraction of sp³-hybridized carbons (Fsp3) is 0.200. The summed E-state index contributed by atoms with van der Waals surface area (Å²) in [7, 11) is 0. The van der Waals surface area contributed by atoms with Gasteiger partial charge in [0.25, 0.3) is 0 Å². The maximum Gasteiger partial charge on any atom is 0.134 e. The Balaban J connectivity index is 2.76. The Morgan fingerprint density at radius 2 is 2.09 bits per heavy atom. The number of fused-ring (bicyclic) bond motifs is 1. The van der Waals surface area contributed by atoms with Crippen molar-refractivity contribution in [1.29, 1.82) is 0 Å². The molecule has 0 aliphatic heterocycles. The number of benzene rings is 1. The zero-order valence-corrected chi connectivity index (χ0v) is 6.50. The molecule has 0 saturated carbocycles. The molecule has 0 bridgehead atoms. The quantitative estimate of drug-likeness (QED) is 0.602. The summed E-state index contributed by atoms with van der Waals surface area (Å²) in [6.45, 7) is 2.14. The lowest BCUT2D eigenvalue weighted by atomic mass is 10.1. The highest BCUT2D eigenvalue weighted by Gasteiger charge is 2.00. The first-order valence-corrected chi connectivity index (χ1v) is 3.87. The first-order chi connectivity index (χ1) is 5.42. The van der Waals surface area contributed by atoms with Crippen LogP contribution in [0.3, 0.4) is 0 Å². The van der Waals surface area contributed by atoms with Gasteiger partial charge in [0.1, 0.15) is 5.58 Å². The monoisotopic (exact) mass is 146 g/mol. The van der Waals surface area contributed by atoms with Crippen LogP contribution in [0.15, 0.2) is 34.9 Å². The van der Waals surface area contributed by atoms with E-state index >= 15 is 0 Å². The van der Waals surface area contributed by atoms with Crippen LogP contribution in [0.4, 0.5) is 0 Å².